The van der Waals surface area contributed by atoms with Crippen LogP contribution in [0.2, 0.25) is 0 Å². The average Bonchev–Trinajstić information content (AvgIpc) is 3.18. The maximum absolute atomic E-state index is 14.7. The van der Waals surface area contributed by atoms with E-state index in [0.717, 1.165) is 33.1 Å². The van der Waals surface area contributed by atoms with Crippen LogP contribution in [0, 0.1) is 10.1 Å². The largest absolute Gasteiger partial charge is 0.459 e. The van der Waals surface area contributed by atoms with E-state index in [9.17, 15) is 23.3 Å². The number of nitro benzene ring substituents is 1. The van der Waals surface area contributed by atoms with Gasteiger partial charge in [-0.25, -0.2) is 8.42 Å². The Labute approximate surface area is 333 Å². The summed E-state index contributed by atoms with van der Waals surface area (Å²) in [4.78, 5) is 24.5. The molecule has 300 valence electrons. The molecule has 1 aliphatic rings. The quantitative estimate of drug-likeness (QED) is 0.0559. The third-order valence-electron chi connectivity index (χ3n) is 8.97. The van der Waals surface area contributed by atoms with Gasteiger partial charge in [-0.05, 0) is 56.2 Å². The molecule has 5 rings (SSSR count). The van der Waals surface area contributed by atoms with E-state index < -0.39 is 79.5 Å². The number of ether oxygens (including phenoxy) is 5. The number of esters is 1. The molecule has 4 aromatic rings. The smallest absolute Gasteiger partial charge is 0.324 e. The van der Waals surface area contributed by atoms with Crippen molar-refractivity contribution in [3.63, 3.8) is 0 Å². The molecule has 0 aliphatic carbocycles. The number of thioether (sulfide) groups is 1. The number of carbonyl (C=O) groups excluding carboxylic acids is 1. The van der Waals surface area contributed by atoms with Gasteiger partial charge in [0, 0.05) is 12.6 Å². The van der Waals surface area contributed by atoms with Crippen LogP contribution in [0.1, 0.15) is 51.3 Å². The van der Waals surface area contributed by atoms with Crippen LogP contribution < -0.4 is 0 Å². The highest BCUT2D eigenvalue weighted by atomic mass is 32.2. The molecule has 1 aliphatic heterocycles. The van der Waals surface area contributed by atoms with Crippen molar-refractivity contribution in [2.24, 2.45) is 0 Å². The molecule has 12 nitrogen and oxygen atoms in total. The molecule has 0 aromatic heterocycles. The van der Waals surface area contributed by atoms with Gasteiger partial charge in [-0.1, -0.05) is 110 Å². The Bertz CT molecular complexity index is 1960. The van der Waals surface area contributed by atoms with Crippen LogP contribution in [0.4, 0.5) is 5.69 Å². The highest BCUT2D eigenvalue weighted by Crippen LogP contribution is 2.37. The second kappa shape index (κ2) is 19.8. The summed E-state index contributed by atoms with van der Waals surface area (Å²) in [6, 6.07) is 32.4. The summed E-state index contributed by atoms with van der Waals surface area (Å²) in [7, 11) is -4.75. The first-order chi connectivity index (χ1) is 26.8. The molecule has 1 saturated heterocycles. The van der Waals surface area contributed by atoms with Crippen LogP contribution in [-0.4, -0.2) is 77.4 Å². The van der Waals surface area contributed by atoms with E-state index >= 15 is 0 Å². The van der Waals surface area contributed by atoms with Gasteiger partial charge < -0.3 is 23.7 Å². The van der Waals surface area contributed by atoms with Crippen LogP contribution in [0.15, 0.2) is 120 Å². The number of rotatable bonds is 18. The zero-order valence-corrected chi connectivity index (χ0v) is 33.9. The number of nitro groups is 1. The summed E-state index contributed by atoms with van der Waals surface area (Å²) in [6.45, 7) is 8.50. The highest BCUT2D eigenvalue weighted by molar-refractivity contribution is 7.99. The maximum atomic E-state index is 14.7. The molecule has 0 spiro atoms. The minimum absolute atomic E-state index is 0.117. The van der Waals surface area contributed by atoms with E-state index in [1.165, 1.54) is 30.8 Å². The average molecular weight is 807 g/mol. The summed E-state index contributed by atoms with van der Waals surface area (Å²) in [5, 5.41) is 12.1. The molecule has 0 saturated carbocycles. The molecule has 0 N–H and O–H groups in total. The molecule has 6 atom stereocenters. The molecule has 0 amide bonds. The molecular formula is C42H50N2O10S2. The molecule has 0 bridgehead atoms. The Balaban J connectivity index is 1.61. The van der Waals surface area contributed by atoms with Gasteiger partial charge in [-0.15, -0.1) is 11.8 Å². The minimum atomic E-state index is -4.75. The zero-order chi connectivity index (χ0) is 40.3. The van der Waals surface area contributed by atoms with Gasteiger partial charge in [0.1, 0.15) is 41.5 Å². The Hall–Kier alpha value is -4.15. The topological polar surface area (TPSA) is 144 Å². The van der Waals surface area contributed by atoms with Crippen LogP contribution in [-0.2, 0) is 58.3 Å². The number of hydrogen-bond acceptors (Lipinski definition) is 11. The molecule has 14 heteroatoms. The van der Waals surface area contributed by atoms with Crippen molar-refractivity contribution in [3.8, 4) is 0 Å². The lowest BCUT2D eigenvalue weighted by molar-refractivity contribution is -0.387. The van der Waals surface area contributed by atoms with Crippen LogP contribution >= 0.6 is 11.8 Å². The fourth-order valence-electron chi connectivity index (χ4n) is 6.29. The van der Waals surface area contributed by atoms with Crippen molar-refractivity contribution >= 4 is 33.4 Å². The number of benzene rings is 4. The Morgan fingerprint density at radius 3 is 1.73 bits per heavy atom. The molecule has 0 unspecified atom stereocenters. The summed E-state index contributed by atoms with van der Waals surface area (Å²) in [6.07, 6.45) is -3.51. The van der Waals surface area contributed by atoms with Gasteiger partial charge in [-0.2, -0.15) is 4.31 Å². The highest BCUT2D eigenvalue weighted by Gasteiger charge is 2.51. The van der Waals surface area contributed by atoms with E-state index in [1.807, 2.05) is 97.9 Å². The van der Waals surface area contributed by atoms with E-state index in [2.05, 4.69) is 0 Å². The SMILES string of the molecule is CCS[C@@H]1O[C@H](CN([C@@H](C)C(=O)OC(C)(C)C)S(=O)(=O)c2ccccc2[N+](=O)[O-])[C@@H](OCc2ccccc2)[C@H](OCc2ccccc2)[C@H]1OCc1ccccc1. The van der Waals surface area contributed by atoms with Gasteiger partial charge in [0.2, 0.25) is 0 Å². The van der Waals surface area contributed by atoms with Gasteiger partial charge in [0.25, 0.3) is 15.7 Å². The van der Waals surface area contributed by atoms with Crippen LogP contribution in [0.3, 0.4) is 0 Å². The van der Waals surface area contributed by atoms with Crippen molar-refractivity contribution < 1.29 is 41.8 Å². The first-order valence-corrected chi connectivity index (χ1v) is 21.0. The minimum Gasteiger partial charge on any atom is -0.459 e. The lowest BCUT2D eigenvalue weighted by Crippen LogP contribution is -2.62. The fourth-order valence-corrected chi connectivity index (χ4v) is 9.02. The lowest BCUT2D eigenvalue weighted by atomic mass is 9.98. The van der Waals surface area contributed by atoms with Crippen LogP contribution in [0.25, 0.3) is 0 Å². The Morgan fingerprint density at radius 2 is 1.25 bits per heavy atom. The second-order valence-electron chi connectivity index (χ2n) is 14.3. The van der Waals surface area contributed by atoms with E-state index in [0.29, 0.717) is 5.75 Å². The van der Waals surface area contributed by atoms with Crippen molar-refractivity contribution in [1.82, 2.24) is 4.31 Å². The number of nitrogens with zero attached hydrogens (tertiary/aromatic N) is 2. The van der Waals surface area contributed by atoms with E-state index in [1.54, 1.807) is 20.8 Å². The predicted octanol–water partition coefficient (Wildman–Crippen LogP) is 7.55. The number of carbonyl (C=O) groups is 1. The molecule has 56 heavy (non-hydrogen) atoms. The van der Waals surface area contributed by atoms with Crippen molar-refractivity contribution in [3.05, 3.63) is 142 Å². The summed E-state index contributed by atoms with van der Waals surface area (Å²) in [5.74, 6) is -0.214. The second-order valence-corrected chi connectivity index (χ2v) is 17.5. The Kier molecular flexibility index (Phi) is 15.2. The van der Waals surface area contributed by atoms with Crippen LogP contribution in [0.5, 0.6) is 0 Å². The van der Waals surface area contributed by atoms with Gasteiger partial charge >= 0.3 is 5.97 Å². The molecule has 1 fully saturated rings. The zero-order valence-electron chi connectivity index (χ0n) is 32.3. The molecule has 4 aromatic carbocycles. The van der Waals surface area contributed by atoms with Crippen molar-refractivity contribution in [1.29, 1.82) is 0 Å². The van der Waals surface area contributed by atoms with E-state index in [-0.39, 0.29) is 19.8 Å². The number of sulfonamides is 1. The first-order valence-electron chi connectivity index (χ1n) is 18.5. The fraction of sp³-hybridized carbons (Fsp3) is 0.405. The summed E-state index contributed by atoms with van der Waals surface area (Å²) in [5.41, 5.74) is 0.437. The summed E-state index contributed by atoms with van der Waals surface area (Å²) < 4.78 is 63.0. The van der Waals surface area contributed by atoms with Crippen molar-refractivity contribution in [2.45, 2.75) is 101 Å². The van der Waals surface area contributed by atoms with Gasteiger partial charge in [-0.3, -0.25) is 14.9 Å². The molecule has 1 heterocycles. The van der Waals surface area contributed by atoms with Gasteiger partial charge in [0.15, 0.2) is 4.90 Å². The summed E-state index contributed by atoms with van der Waals surface area (Å²) >= 11 is 1.47. The first kappa shape index (κ1) is 43.0. The normalized spacial score (nSPS) is 20.7. The molecular weight excluding hydrogens is 757 g/mol. The van der Waals surface area contributed by atoms with Crippen molar-refractivity contribution in [2.75, 3.05) is 12.3 Å². The Morgan fingerprint density at radius 1 is 0.786 bits per heavy atom. The number of para-hydroxylation sites is 1. The van der Waals surface area contributed by atoms with Gasteiger partial charge in [0.05, 0.1) is 24.7 Å². The lowest BCUT2D eigenvalue weighted by Gasteiger charge is -2.47. The third kappa shape index (κ3) is 11.5. The maximum Gasteiger partial charge on any atom is 0.324 e. The number of hydrogen-bond donors (Lipinski definition) is 0. The monoisotopic (exact) mass is 806 g/mol. The predicted molar refractivity (Wildman–Crippen MR) is 214 cm³/mol. The standard InChI is InChI=1S/C42H50N2O10S2/c1-6-55-41-39(52-29-33-22-14-9-15-23-33)38(51-28-32-20-12-8-13-21-32)37(50-27-31-18-10-7-11-19-31)35(53-41)26-43(30(2)40(45)54-42(3,4)5)56(48,49)36-25-17-16-24-34(36)44(46)47/h7-25,30,35,37-39,41H,6,26-29H2,1-5H3/t30-,35+,37+,38-,39+,41-/m0/s1. The third-order valence-corrected chi connectivity index (χ3v) is 12.0. The van der Waals surface area contributed by atoms with E-state index in [4.69, 9.17) is 23.7 Å². The molecule has 0 radical (unpaired) electrons.